The second kappa shape index (κ2) is 11.7. The molecule has 0 spiro atoms. The molecule has 0 saturated carbocycles. The first-order valence-electron chi connectivity index (χ1n) is 10.2. The smallest absolute Gasteiger partial charge is 0.242 e. The maximum atomic E-state index is 13.1. The van der Waals surface area contributed by atoms with E-state index in [1.165, 1.54) is 0 Å². The molecule has 0 fully saturated rings. The summed E-state index contributed by atoms with van der Waals surface area (Å²) in [6.07, 6.45) is 0.396. The Morgan fingerprint density at radius 3 is 2.31 bits per heavy atom. The first-order valence-corrected chi connectivity index (χ1v) is 11.2. The molecule has 0 aromatic heterocycles. The molecule has 0 aliphatic rings. The van der Waals surface area contributed by atoms with Crippen molar-refractivity contribution in [2.75, 3.05) is 12.3 Å². The molecule has 2 aromatic carbocycles. The Bertz CT molecular complexity index is 792. The minimum Gasteiger partial charge on any atom is -0.354 e. The second-order valence-electron chi connectivity index (χ2n) is 7.67. The monoisotopic (exact) mass is 412 g/mol. The number of carbonyl (C=O) groups is 2. The molecule has 0 aliphatic carbocycles. The van der Waals surface area contributed by atoms with Crippen molar-refractivity contribution >= 4 is 23.6 Å². The normalized spacial score (nSPS) is 11.9. The summed E-state index contributed by atoms with van der Waals surface area (Å²) in [5, 5.41) is 2.96. The van der Waals surface area contributed by atoms with Gasteiger partial charge in [-0.1, -0.05) is 56.3 Å². The number of nitrogens with one attached hydrogen (secondary N) is 1. The Morgan fingerprint density at radius 2 is 1.66 bits per heavy atom. The summed E-state index contributed by atoms with van der Waals surface area (Å²) in [4.78, 5) is 28.6. The van der Waals surface area contributed by atoms with E-state index in [9.17, 15) is 9.59 Å². The highest BCUT2D eigenvalue weighted by Gasteiger charge is 2.26. The van der Waals surface area contributed by atoms with Crippen molar-refractivity contribution in [1.29, 1.82) is 0 Å². The fourth-order valence-electron chi connectivity index (χ4n) is 2.92. The van der Waals surface area contributed by atoms with Crippen LogP contribution >= 0.6 is 11.8 Å². The Morgan fingerprint density at radius 1 is 1.00 bits per heavy atom. The van der Waals surface area contributed by atoms with Gasteiger partial charge in [0, 0.05) is 30.2 Å². The predicted octanol–water partition coefficient (Wildman–Crippen LogP) is 4.67. The largest absolute Gasteiger partial charge is 0.354 e. The predicted molar refractivity (Wildman–Crippen MR) is 121 cm³/mol. The summed E-state index contributed by atoms with van der Waals surface area (Å²) in [7, 11) is 0. The van der Waals surface area contributed by atoms with E-state index < -0.39 is 6.04 Å². The van der Waals surface area contributed by atoms with E-state index in [4.69, 9.17) is 0 Å². The lowest BCUT2D eigenvalue weighted by molar-refractivity contribution is -0.140. The van der Waals surface area contributed by atoms with Crippen molar-refractivity contribution in [2.45, 2.75) is 51.6 Å². The zero-order chi connectivity index (χ0) is 21.2. The van der Waals surface area contributed by atoms with Gasteiger partial charge in [-0.2, -0.15) is 0 Å². The molecule has 5 heteroatoms. The average molecular weight is 413 g/mol. The molecule has 0 heterocycles. The standard InChI is InChI=1S/C24H32N2O2S/c1-18(2)16-25-24(28)20(4)26(17-21-11-9-8-10-19(21)3)23(27)14-15-29-22-12-6-5-7-13-22/h5-13,18,20H,14-17H2,1-4H3,(H,25,28)/t20-/m0/s1. The summed E-state index contributed by atoms with van der Waals surface area (Å²) in [6.45, 7) is 9.02. The first-order chi connectivity index (χ1) is 13.9. The highest BCUT2D eigenvalue weighted by molar-refractivity contribution is 7.99. The fourth-order valence-corrected chi connectivity index (χ4v) is 3.78. The van der Waals surface area contributed by atoms with Gasteiger partial charge in [-0.05, 0) is 43.0 Å². The van der Waals surface area contributed by atoms with E-state index in [1.807, 2.05) is 68.4 Å². The van der Waals surface area contributed by atoms with Crippen LogP contribution in [0.4, 0.5) is 0 Å². The lowest BCUT2D eigenvalue weighted by Gasteiger charge is -2.29. The lowest BCUT2D eigenvalue weighted by atomic mass is 10.1. The molecule has 4 nitrogen and oxygen atoms in total. The fraction of sp³-hybridized carbons (Fsp3) is 0.417. The van der Waals surface area contributed by atoms with Crippen molar-refractivity contribution in [2.24, 2.45) is 5.92 Å². The SMILES string of the molecule is Cc1ccccc1CN(C(=O)CCSc1ccccc1)[C@@H](C)C(=O)NCC(C)C. The van der Waals surface area contributed by atoms with Crippen molar-refractivity contribution < 1.29 is 9.59 Å². The number of hydrogen-bond acceptors (Lipinski definition) is 3. The molecule has 156 valence electrons. The van der Waals surface area contributed by atoms with Gasteiger partial charge in [0.05, 0.1) is 0 Å². The number of thioether (sulfide) groups is 1. The van der Waals surface area contributed by atoms with Crippen LogP contribution in [0.2, 0.25) is 0 Å². The minimum absolute atomic E-state index is 0.00359. The Balaban J connectivity index is 2.06. The van der Waals surface area contributed by atoms with Gasteiger partial charge in [0.2, 0.25) is 11.8 Å². The molecule has 1 N–H and O–H groups in total. The van der Waals surface area contributed by atoms with Crippen LogP contribution in [0.15, 0.2) is 59.5 Å². The van der Waals surface area contributed by atoms with Crippen LogP contribution in [-0.2, 0) is 16.1 Å². The summed E-state index contributed by atoms with van der Waals surface area (Å²) >= 11 is 1.66. The number of benzene rings is 2. The van der Waals surface area contributed by atoms with E-state index in [0.29, 0.717) is 31.2 Å². The maximum Gasteiger partial charge on any atom is 0.242 e. The van der Waals surface area contributed by atoms with Crippen molar-refractivity contribution in [3.05, 3.63) is 65.7 Å². The summed E-state index contributed by atoms with van der Waals surface area (Å²) in [6, 6.07) is 17.6. The van der Waals surface area contributed by atoms with Gasteiger partial charge >= 0.3 is 0 Å². The van der Waals surface area contributed by atoms with Gasteiger partial charge in [0.25, 0.3) is 0 Å². The average Bonchev–Trinajstić information content (AvgIpc) is 2.71. The third-order valence-electron chi connectivity index (χ3n) is 4.78. The second-order valence-corrected chi connectivity index (χ2v) is 8.84. The Hall–Kier alpha value is -2.27. The van der Waals surface area contributed by atoms with Crippen molar-refractivity contribution in [3.63, 3.8) is 0 Å². The molecular weight excluding hydrogens is 380 g/mol. The Kier molecular flexibility index (Phi) is 9.26. The molecule has 2 amide bonds. The van der Waals surface area contributed by atoms with Crippen LogP contribution in [0.25, 0.3) is 0 Å². The van der Waals surface area contributed by atoms with Gasteiger partial charge in [0.15, 0.2) is 0 Å². The zero-order valence-corrected chi connectivity index (χ0v) is 18.7. The van der Waals surface area contributed by atoms with Crippen LogP contribution in [0.3, 0.4) is 0 Å². The van der Waals surface area contributed by atoms with E-state index in [2.05, 4.69) is 19.2 Å². The molecule has 0 saturated heterocycles. The third-order valence-corrected chi connectivity index (χ3v) is 5.80. The molecule has 0 radical (unpaired) electrons. The van der Waals surface area contributed by atoms with E-state index in [-0.39, 0.29) is 11.8 Å². The number of rotatable bonds is 10. The summed E-state index contributed by atoms with van der Waals surface area (Å²) in [5.41, 5.74) is 2.19. The topological polar surface area (TPSA) is 49.4 Å². The van der Waals surface area contributed by atoms with Gasteiger partial charge in [0.1, 0.15) is 6.04 Å². The number of nitrogens with zero attached hydrogens (tertiary/aromatic N) is 1. The lowest BCUT2D eigenvalue weighted by Crippen LogP contribution is -2.48. The molecule has 0 bridgehead atoms. The van der Waals surface area contributed by atoms with E-state index >= 15 is 0 Å². The highest BCUT2D eigenvalue weighted by Crippen LogP contribution is 2.20. The minimum atomic E-state index is -0.511. The van der Waals surface area contributed by atoms with Crippen LogP contribution in [0, 0.1) is 12.8 Å². The van der Waals surface area contributed by atoms with Crippen LogP contribution < -0.4 is 5.32 Å². The molecule has 2 rings (SSSR count). The molecule has 0 unspecified atom stereocenters. The number of amides is 2. The maximum absolute atomic E-state index is 13.1. The third kappa shape index (κ3) is 7.58. The molecule has 0 aliphatic heterocycles. The summed E-state index contributed by atoms with van der Waals surface area (Å²) < 4.78 is 0. The number of carbonyl (C=O) groups excluding carboxylic acids is 2. The van der Waals surface area contributed by atoms with E-state index in [1.54, 1.807) is 16.7 Å². The van der Waals surface area contributed by atoms with Crippen molar-refractivity contribution in [1.82, 2.24) is 10.2 Å². The molecule has 1 atom stereocenters. The van der Waals surface area contributed by atoms with Crippen LogP contribution in [0.5, 0.6) is 0 Å². The van der Waals surface area contributed by atoms with Gasteiger partial charge in [-0.15, -0.1) is 11.8 Å². The number of hydrogen-bond donors (Lipinski definition) is 1. The van der Waals surface area contributed by atoms with E-state index in [0.717, 1.165) is 16.0 Å². The van der Waals surface area contributed by atoms with Crippen LogP contribution in [0.1, 0.15) is 38.3 Å². The van der Waals surface area contributed by atoms with Crippen molar-refractivity contribution in [3.8, 4) is 0 Å². The van der Waals surface area contributed by atoms with Gasteiger partial charge < -0.3 is 10.2 Å². The highest BCUT2D eigenvalue weighted by atomic mass is 32.2. The quantitative estimate of drug-likeness (QED) is 0.577. The van der Waals surface area contributed by atoms with Crippen LogP contribution in [-0.4, -0.2) is 35.1 Å². The van der Waals surface area contributed by atoms with Gasteiger partial charge in [-0.25, -0.2) is 0 Å². The molecular formula is C24H32N2O2S. The van der Waals surface area contributed by atoms with Gasteiger partial charge in [-0.3, -0.25) is 9.59 Å². The summed E-state index contributed by atoms with van der Waals surface area (Å²) in [5.74, 6) is 0.960. The molecule has 29 heavy (non-hydrogen) atoms. The molecule has 2 aromatic rings. The Labute approximate surface area is 179 Å². The number of aryl methyl sites for hydroxylation is 1. The first kappa shape index (κ1) is 23.0. The zero-order valence-electron chi connectivity index (χ0n) is 17.9.